The molecule has 1 heterocycles. The fourth-order valence-electron chi connectivity index (χ4n) is 4.02. The summed E-state index contributed by atoms with van der Waals surface area (Å²) < 4.78 is 34.4. The van der Waals surface area contributed by atoms with Gasteiger partial charge >= 0.3 is 0 Å². The molecule has 1 aliphatic rings. The second kappa shape index (κ2) is 10.1. The van der Waals surface area contributed by atoms with E-state index in [-0.39, 0.29) is 5.37 Å². The normalized spacial score (nSPS) is 16.4. The number of benzene rings is 4. The number of ether oxygens (including phenoxy) is 1. The molecule has 0 radical (unpaired) electrons. The molecule has 0 aromatic heterocycles. The van der Waals surface area contributed by atoms with Gasteiger partial charge in [0.05, 0.1) is 10.3 Å². The molecule has 0 saturated carbocycles. The summed E-state index contributed by atoms with van der Waals surface area (Å²) in [7, 11) is -3.61. The highest BCUT2D eigenvalue weighted by molar-refractivity contribution is 8.01. The van der Waals surface area contributed by atoms with Crippen molar-refractivity contribution in [3.8, 4) is 16.9 Å². The van der Waals surface area contributed by atoms with Gasteiger partial charge in [0.25, 0.3) is 0 Å². The average Bonchev–Trinajstić information content (AvgIpc) is 3.40. The van der Waals surface area contributed by atoms with E-state index in [0.29, 0.717) is 18.0 Å². The molecule has 0 N–H and O–H groups in total. The Balaban J connectivity index is 1.31. The molecule has 4 aromatic carbocycles. The van der Waals surface area contributed by atoms with Crippen LogP contribution in [0.3, 0.4) is 0 Å². The lowest BCUT2D eigenvalue weighted by molar-refractivity contribution is 0.306. The number of rotatable bonds is 7. The summed E-state index contributed by atoms with van der Waals surface area (Å²) in [5, 5.41) is -0.248. The summed E-state index contributed by atoms with van der Waals surface area (Å²) >= 11 is 1.65. The third-order valence-corrected chi connectivity index (χ3v) is 9.10. The van der Waals surface area contributed by atoms with Crippen molar-refractivity contribution in [1.82, 2.24) is 4.31 Å². The summed E-state index contributed by atoms with van der Waals surface area (Å²) in [6.07, 6.45) is 0. The molecular formula is C28H25NO3S2. The van der Waals surface area contributed by atoms with Gasteiger partial charge in [0.1, 0.15) is 12.4 Å². The van der Waals surface area contributed by atoms with Gasteiger partial charge in [-0.1, -0.05) is 84.9 Å². The van der Waals surface area contributed by atoms with Crippen LogP contribution < -0.4 is 4.74 Å². The number of nitrogens with zero attached hydrogens (tertiary/aromatic N) is 1. The Morgan fingerprint density at radius 1 is 0.765 bits per heavy atom. The molecule has 0 amide bonds. The first-order chi connectivity index (χ1) is 16.6. The van der Waals surface area contributed by atoms with Crippen molar-refractivity contribution in [3.05, 3.63) is 120 Å². The zero-order valence-corrected chi connectivity index (χ0v) is 20.2. The minimum absolute atomic E-state index is 0.248. The van der Waals surface area contributed by atoms with E-state index in [1.54, 1.807) is 28.2 Å². The van der Waals surface area contributed by atoms with E-state index in [1.165, 1.54) is 0 Å². The topological polar surface area (TPSA) is 46.6 Å². The fraction of sp³-hybridized carbons (Fsp3) is 0.143. The van der Waals surface area contributed by atoms with Crippen LogP contribution in [0.1, 0.15) is 16.5 Å². The number of hydrogen-bond donors (Lipinski definition) is 0. The average molecular weight is 488 g/mol. The molecular weight excluding hydrogens is 462 g/mol. The van der Waals surface area contributed by atoms with Crippen molar-refractivity contribution in [2.45, 2.75) is 16.9 Å². The van der Waals surface area contributed by atoms with Gasteiger partial charge in [0.15, 0.2) is 0 Å². The first kappa shape index (κ1) is 22.7. The van der Waals surface area contributed by atoms with E-state index in [2.05, 4.69) is 0 Å². The largest absolute Gasteiger partial charge is 0.489 e. The fourth-order valence-corrected chi connectivity index (χ4v) is 7.26. The van der Waals surface area contributed by atoms with Gasteiger partial charge in [-0.15, -0.1) is 11.8 Å². The standard InChI is InChI=1S/C28H25NO3S2/c30-34(31,27-17-13-24(14-18-27)23-9-5-2-6-10-23)29-19-20-33-28(29)25-11-15-26(16-12-25)32-21-22-7-3-1-4-8-22/h1-18,28H,19-21H2. The van der Waals surface area contributed by atoms with Crippen LogP contribution in [0.2, 0.25) is 0 Å². The highest BCUT2D eigenvalue weighted by Crippen LogP contribution is 2.42. The van der Waals surface area contributed by atoms with E-state index in [0.717, 1.165) is 33.8 Å². The molecule has 6 heteroatoms. The van der Waals surface area contributed by atoms with Crippen molar-refractivity contribution >= 4 is 21.8 Å². The summed E-state index contributed by atoms with van der Waals surface area (Å²) in [6.45, 7) is 0.988. The maximum Gasteiger partial charge on any atom is 0.244 e. The Bertz CT molecular complexity index is 1320. The van der Waals surface area contributed by atoms with Crippen LogP contribution in [0, 0.1) is 0 Å². The lowest BCUT2D eigenvalue weighted by Gasteiger charge is -2.24. The van der Waals surface area contributed by atoms with Crippen LogP contribution in [0.5, 0.6) is 5.75 Å². The maximum atomic E-state index is 13.5. The Morgan fingerprint density at radius 3 is 2.06 bits per heavy atom. The van der Waals surface area contributed by atoms with Crippen molar-refractivity contribution < 1.29 is 13.2 Å². The zero-order chi connectivity index (χ0) is 23.4. The molecule has 1 saturated heterocycles. The predicted octanol–water partition coefficient (Wildman–Crippen LogP) is 6.37. The molecule has 4 aromatic rings. The lowest BCUT2D eigenvalue weighted by atomic mass is 10.1. The van der Waals surface area contributed by atoms with Gasteiger partial charge in [-0.25, -0.2) is 8.42 Å². The molecule has 34 heavy (non-hydrogen) atoms. The van der Waals surface area contributed by atoms with Crippen LogP contribution in [0.15, 0.2) is 114 Å². The minimum Gasteiger partial charge on any atom is -0.489 e. The molecule has 5 rings (SSSR count). The monoisotopic (exact) mass is 487 g/mol. The van der Waals surface area contributed by atoms with Gasteiger partial charge in [-0.3, -0.25) is 0 Å². The van der Waals surface area contributed by atoms with E-state index < -0.39 is 10.0 Å². The third-order valence-electron chi connectivity index (χ3n) is 5.83. The summed E-state index contributed by atoms with van der Waals surface area (Å²) in [5.74, 6) is 1.53. The Morgan fingerprint density at radius 2 is 1.38 bits per heavy atom. The molecule has 172 valence electrons. The Kier molecular flexibility index (Phi) is 6.72. The molecule has 1 unspecified atom stereocenters. The van der Waals surface area contributed by atoms with Crippen molar-refractivity contribution in [2.24, 2.45) is 0 Å². The quantitative estimate of drug-likeness (QED) is 0.304. The second-order valence-corrected chi connectivity index (χ2v) is 11.2. The molecule has 4 nitrogen and oxygen atoms in total. The van der Waals surface area contributed by atoms with Crippen LogP contribution in [0.25, 0.3) is 11.1 Å². The lowest BCUT2D eigenvalue weighted by Crippen LogP contribution is -2.30. The first-order valence-electron chi connectivity index (χ1n) is 11.2. The first-order valence-corrected chi connectivity index (χ1v) is 13.7. The SMILES string of the molecule is O=S(=O)(c1ccc(-c2ccccc2)cc1)N1CCSC1c1ccc(OCc2ccccc2)cc1. The molecule has 0 spiro atoms. The number of sulfonamides is 1. The molecule has 1 atom stereocenters. The van der Waals surface area contributed by atoms with E-state index >= 15 is 0 Å². The molecule has 1 fully saturated rings. The van der Waals surface area contributed by atoms with Crippen molar-refractivity contribution in [2.75, 3.05) is 12.3 Å². The van der Waals surface area contributed by atoms with E-state index in [4.69, 9.17) is 4.74 Å². The number of thioether (sulfide) groups is 1. The highest BCUT2D eigenvalue weighted by atomic mass is 32.2. The van der Waals surface area contributed by atoms with Gasteiger partial charge in [-0.05, 0) is 46.5 Å². The van der Waals surface area contributed by atoms with E-state index in [9.17, 15) is 8.42 Å². The van der Waals surface area contributed by atoms with Gasteiger partial charge < -0.3 is 4.74 Å². The summed E-state index contributed by atoms with van der Waals surface area (Å²) in [6, 6.07) is 34.9. The summed E-state index contributed by atoms with van der Waals surface area (Å²) in [5.41, 5.74) is 4.13. The Labute approximate surface area is 205 Å². The van der Waals surface area contributed by atoms with Crippen molar-refractivity contribution in [1.29, 1.82) is 0 Å². The zero-order valence-electron chi connectivity index (χ0n) is 18.6. The highest BCUT2D eigenvalue weighted by Gasteiger charge is 2.36. The molecule has 0 bridgehead atoms. The van der Waals surface area contributed by atoms with Crippen LogP contribution in [-0.2, 0) is 16.6 Å². The predicted molar refractivity (Wildman–Crippen MR) is 138 cm³/mol. The van der Waals surface area contributed by atoms with Gasteiger partial charge in [0, 0.05) is 12.3 Å². The Hall–Kier alpha value is -3.06. The van der Waals surface area contributed by atoms with Crippen LogP contribution >= 0.6 is 11.8 Å². The second-order valence-electron chi connectivity index (χ2n) is 8.07. The van der Waals surface area contributed by atoms with Crippen molar-refractivity contribution in [3.63, 3.8) is 0 Å². The van der Waals surface area contributed by atoms with Gasteiger partial charge in [-0.2, -0.15) is 4.31 Å². The third kappa shape index (κ3) is 4.89. The van der Waals surface area contributed by atoms with E-state index in [1.807, 2.05) is 97.1 Å². The smallest absolute Gasteiger partial charge is 0.244 e. The van der Waals surface area contributed by atoms with Crippen LogP contribution in [0.4, 0.5) is 0 Å². The van der Waals surface area contributed by atoms with Gasteiger partial charge in [0.2, 0.25) is 10.0 Å². The molecule has 0 aliphatic carbocycles. The molecule has 1 aliphatic heterocycles. The minimum atomic E-state index is -3.61. The maximum absolute atomic E-state index is 13.5. The summed E-state index contributed by atoms with van der Waals surface area (Å²) in [4.78, 5) is 0.322. The number of hydrogen-bond acceptors (Lipinski definition) is 4. The van der Waals surface area contributed by atoms with Crippen LogP contribution in [-0.4, -0.2) is 25.0 Å².